The van der Waals surface area contributed by atoms with Crippen molar-refractivity contribution in [3.8, 4) is 0 Å². The van der Waals surface area contributed by atoms with Crippen molar-refractivity contribution in [2.24, 2.45) is 0 Å². The molecule has 0 saturated heterocycles. The van der Waals surface area contributed by atoms with Gasteiger partial charge in [-0.15, -0.1) is 0 Å². The normalized spacial score (nSPS) is 9.55. The summed E-state index contributed by atoms with van der Waals surface area (Å²) in [6.45, 7) is 0. The van der Waals surface area contributed by atoms with E-state index in [2.05, 4.69) is 36.8 Å². The average Bonchev–Trinajstić information content (AvgIpc) is 2.50. The van der Waals surface area contributed by atoms with Crippen LogP contribution in [0.2, 0.25) is 0 Å². The number of carbonyl (C=O) groups excluding carboxylic acids is 3. The number of hydrogen-bond acceptors (Lipinski definition) is 5. The molecule has 0 aliphatic rings. The molecule has 0 aliphatic heterocycles. The number of thiocarbonyl (C=S) groups is 1. The number of methoxy groups -OCH3 is 1. The summed E-state index contributed by atoms with van der Waals surface area (Å²) in [7, 11) is 1.24. The molecule has 0 aliphatic carbocycles. The lowest BCUT2D eigenvalue weighted by atomic mass is 10.2. The zero-order valence-electron chi connectivity index (χ0n) is 11.6. The van der Waals surface area contributed by atoms with E-state index in [1.807, 2.05) is 0 Å². The van der Waals surface area contributed by atoms with Crippen LogP contribution in [0.1, 0.15) is 23.2 Å². The summed E-state index contributed by atoms with van der Waals surface area (Å²) in [6, 6.07) is 6.84. The topological polar surface area (TPSA) is 96.5 Å². The van der Waals surface area contributed by atoms with Gasteiger partial charge in [0.05, 0.1) is 19.1 Å². The molecule has 7 nitrogen and oxygen atoms in total. The summed E-state index contributed by atoms with van der Waals surface area (Å²) < 4.78 is 5.04. The van der Waals surface area contributed by atoms with Gasteiger partial charge in [0.25, 0.3) is 5.91 Å². The van der Waals surface area contributed by atoms with Crippen LogP contribution in [0.5, 0.6) is 0 Å². The number of amides is 2. The predicted molar refractivity (Wildman–Crippen MR) is 86.7 cm³/mol. The number of halogens is 1. The molecule has 1 aromatic carbocycles. The molecule has 3 N–H and O–H groups in total. The van der Waals surface area contributed by atoms with E-state index in [0.717, 1.165) is 0 Å². The monoisotopic (exact) mass is 387 g/mol. The van der Waals surface area contributed by atoms with E-state index in [9.17, 15) is 14.4 Å². The van der Waals surface area contributed by atoms with Crippen LogP contribution in [0.4, 0.5) is 0 Å². The second-order valence-electron chi connectivity index (χ2n) is 4.01. The molecule has 0 fully saturated rings. The molecule has 0 bridgehead atoms. The fraction of sp³-hybridized carbons (Fsp3) is 0.231. The van der Waals surface area contributed by atoms with Gasteiger partial charge >= 0.3 is 5.97 Å². The van der Waals surface area contributed by atoms with E-state index in [1.165, 1.54) is 7.11 Å². The smallest absolute Gasteiger partial charge is 0.306 e. The van der Waals surface area contributed by atoms with E-state index < -0.39 is 17.8 Å². The number of hydrazine groups is 1. The lowest BCUT2D eigenvalue weighted by Gasteiger charge is -2.11. The molecule has 0 radical (unpaired) electrons. The quantitative estimate of drug-likeness (QED) is 0.405. The molecule has 0 aromatic heterocycles. The van der Waals surface area contributed by atoms with Crippen molar-refractivity contribution < 1.29 is 19.1 Å². The van der Waals surface area contributed by atoms with E-state index >= 15 is 0 Å². The minimum absolute atomic E-state index is 0.0474. The van der Waals surface area contributed by atoms with Crippen molar-refractivity contribution in [2.75, 3.05) is 7.11 Å². The summed E-state index contributed by atoms with van der Waals surface area (Å²) in [4.78, 5) is 34.2. The zero-order valence-corrected chi connectivity index (χ0v) is 14.0. The zero-order chi connectivity index (χ0) is 16.5. The number of ether oxygens (including phenoxy) is 1. The number of benzene rings is 1. The fourth-order valence-corrected chi connectivity index (χ4v) is 1.99. The van der Waals surface area contributed by atoms with Gasteiger partial charge in [0, 0.05) is 10.9 Å². The van der Waals surface area contributed by atoms with Gasteiger partial charge in [-0.25, -0.2) is 0 Å². The molecule has 9 heteroatoms. The Hall–Kier alpha value is -2.00. The molecule has 0 spiro atoms. The highest BCUT2D eigenvalue weighted by atomic mass is 79.9. The van der Waals surface area contributed by atoms with Crippen molar-refractivity contribution in [2.45, 2.75) is 12.8 Å². The summed E-state index contributed by atoms with van der Waals surface area (Å²) in [5.41, 5.74) is 5.17. The highest BCUT2D eigenvalue weighted by molar-refractivity contribution is 9.10. The Morgan fingerprint density at radius 2 is 1.86 bits per heavy atom. The molecule has 0 saturated carbocycles. The minimum Gasteiger partial charge on any atom is -0.469 e. The first-order chi connectivity index (χ1) is 10.4. The highest BCUT2D eigenvalue weighted by Gasteiger charge is 2.11. The SMILES string of the molecule is COC(=O)CCC(=O)NC(=S)NNC(=O)c1ccccc1Br. The number of rotatable bonds is 4. The standard InChI is InChI=1S/C13H14BrN3O4S/c1-21-11(19)7-6-10(18)15-13(22)17-16-12(20)8-4-2-3-5-9(8)14/h2-5H,6-7H2,1H3,(H,16,20)(H2,15,17,18,22). The van der Waals surface area contributed by atoms with Crippen molar-refractivity contribution >= 4 is 51.0 Å². The van der Waals surface area contributed by atoms with Gasteiger partial charge in [0.2, 0.25) is 5.91 Å². The molecule has 0 atom stereocenters. The maximum atomic E-state index is 11.9. The van der Waals surface area contributed by atoms with Crippen LogP contribution in [0.15, 0.2) is 28.7 Å². The molecule has 2 amide bonds. The van der Waals surface area contributed by atoms with Crippen molar-refractivity contribution in [1.82, 2.24) is 16.2 Å². The number of hydrogen-bond donors (Lipinski definition) is 3. The minimum atomic E-state index is -0.490. The van der Waals surface area contributed by atoms with Gasteiger partial charge in [0.15, 0.2) is 5.11 Å². The fourth-order valence-electron chi connectivity index (χ4n) is 1.36. The van der Waals surface area contributed by atoms with Crippen LogP contribution in [0.3, 0.4) is 0 Å². The van der Waals surface area contributed by atoms with Gasteiger partial charge in [0.1, 0.15) is 0 Å². The number of nitrogens with one attached hydrogen (secondary N) is 3. The first kappa shape index (κ1) is 18.1. The van der Waals surface area contributed by atoms with E-state index in [4.69, 9.17) is 12.2 Å². The van der Waals surface area contributed by atoms with Crippen LogP contribution in [0, 0.1) is 0 Å². The van der Waals surface area contributed by atoms with E-state index in [-0.39, 0.29) is 18.0 Å². The molecule has 0 unspecified atom stereocenters. The summed E-state index contributed by atoms with van der Waals surface area (Å²) >= 11 is 8.10. The largest absolute Gasteiger partial charge is 0.469 e. The van der Waals surface area contributed by atoms with Crippen LogP contribution >= 0.6 is 28.1 Å². The second kappa shape index (κ2) is 9.11. The number of esters is 1. The van der Waals surface area contributed by atoms with Crippen molar-refractivity contribution in [3.63, 3.8) is 0 Å². The first-order valence-electron chi connectivity index (χ1n) is 6.15. The Morgan fingerprint density at radius 3 is 2.50 bits per heavy atom. The highest BCUT2D eigenvalue weighted by Crippen LogP contribution is 2.14. The maximum absolute atomic E-state index is 11.9. The van der Waals surface area contributed by atoms with Crippen LogP contribution < -0.4 is 16.2 Å². The van der Waals surface area contributed by atoms with E-state index in [0.29, 0.717) is 10.0 Å². The van der Waals surface area contributed by atoms with Crippen LogP contribution in [0.25, 0.3) is 0 Å². The summed E-state index contributed by atoms with van der Waals surface area (Å²) in [5, 5.41) is 2.25. The van der Waals surface area contributed by atoms with Crippen molar-refractivity contribution in [1.29, 1.82) is 0 Å². The first-order valence-corrected chi connectivity index (χ1v) is 7.35. The molecule has 22 heavy (non-hydrogen) atoms. The molecule has 118 valence electrons. The Labute approximate surface area is 140 Å². The Kier molecular flexibility index (Phi) is 7.47. The molecule has 0 heterocycles. The third-order valence-corrected chi connectivity index (χ3v) is 3.34. The Bertz CT molecular complexity index is 594. The lowest BCUT2D eigenvalue weighted by molar-refractivity contribution is -0.142. The maximum Gasteiger partial charge on any atom is 0.306 e. The average molecular weight is 388 g/mol. The molecular weight excluding hydrogens is 374 g/mol. The Morgan fingerprint density at radius 1 is 1.18 bits per heavy atom. The second-order valence-corrected chi connectivity index (χ2v) is 5.27. The van der Waals surface area contributed by atoms with Gasteiger partial charge in [-0.05, 0) is 40.3 Å². The summed E-state index contributed by atoms with van der Waals surface area (Å²) in [5.74, 6) is -1.37. The molecular formula is C13H14BrN3O4S. The van der Waals surface area contributed by atoms with Crippen LogP contribution in [-0.2, 0) is 14.3 Å². The molecule has 1 aromatic rings. The summed E-state index contributed by atoms with van der Waals surface area (Å²) in [6.07, 6.45) is -0.110. The van der Waals surface area contributed by atoms with Gasteiger partial charge in [-0.1, -0.05) is 12.1 Å². The third kappa shape index (κ3) is 6.19. The molecule has 1 rings (SSSR count). The predicted octanol–water partition coefficient (Wildman–Crippen LogP) is 1.04. The van der Waals surface area contributed by atoms with Gasteiger partial charge < -0.3 is 10.1 Å². The van der Waals surface area contributed by atoms with Gasteiger partial charge in [-0.2, -0.15) is 0 Å². The van der Waals surface area contributed by atoms with Gasteiger partial charge in [-0.3, -0.25) is 25.2 Å². The Balaban J connectivity index is 2.37. The third-order valence-electron chi connectivity index (χ3n) is 2.44. The van der Waals surface area contributed by atoms with Crippen LogP contribution in [-0.4, -0.2) is 30.0 Å². The van der Waals surface area contributed by atoms with E-state index in [1.54, 1.807) is 24.3 Å². The number of carbonyl (C=O) groups is 3. The van der Waals surface area contributed by atoms with Crippen molar-refractivity contribution in [3.05, 3.63) is 34.3 Å². The lowest BCUT2D eigenvalue weighted by Crippen LogP contribution is -2.48.